The second-order valence-corrected chi connectivity index (χ2v) is 1.97. The molecule has 3 heteroatoms. The number of aliphatic hydroxyl groups is 1. The van der Waals surface area contributed by atoms with Crippen LogP contribution in [0.4, 0.5) is 0 Å². The van der Waals surface area contributed by atoms with E-state index in [2.05, 4.69) is 5.32 Å². The fraction of sp³-hybridized carbons (Fsp3) is 0.800. The summed E-state index contributed by atoms with van der Waals surface area (Å²) in [6.07, 6.45) is -0.211. The molecule has 0 bridgehead atoms. The largest absolute Gasteiger partial charge is 0.373 e. The number of rotatable bonds is 3. The van der Waals surface area contributed by atoms with E-state index < -0.39 is 6.23 Å². The lowest BCUT2D eigenvalue weighted by molar-refractivity contribution is -0.112. The molecule has 0 spiro atoms. The first-order chi connectivity index (χ1) is 3.68. The minimum Gasteiger partial charge on any atom is -0.373 e. The maximum Gasteiger partial charge on any atom is 0.209 e. The molecule has 3 nitrogen and oxygen atoms in total. The maximum atomic E-state index is 9.65. The van der Waals surface area contributed by atoms with Crippen molar-refractivity contribution in [1.82, 2.24) is 5.32 Å². The van der Waals surface area contributed by atoms with Gasteiger partial charge in [-0.25, -0.2) is 0 Å². The van der Waals surface area contributed by atoms with Gasteiger partial charge in [0.2, 0.25) is 6.41 Å². The van der Waals surface area contributed by atoms with E-state index in [1.165, 1.54) is 0 Å². The first-order valence-electron chi connectivity index (χ1n) is 2.56. The fourth-order valence-electron chi connectivity index (χ4n) is 0.262. The van der Waals surface area contributed by atoms with Crippen LogP contribution in [0.2, 0.25) is 0 Å². The summed E-state index contributed by atoms with van der Waals surface area (Å²) < 4.78 is 0. The smallest absolute Gasteiger partial charge is 0.209 e. The van der Waals surface area contributed by atoms with Crippen LogP contribution in [0.1, 0.15) is 13.8 Å². The molecule has 0 unspecified atom stereocenters. The topological polar surface area (TPSA) is 49.3 Å². The molecular weight excluding hydrogens is 106 g/mol. The van der Waals surface area contributed by atoms with Crippen LogP contribution in [0, 0.1) is 5.92 Å². The molecule has 1 atom stereocenters. The quantitative estimate of drug-likeness (QED) is 0.394. The van der Waals surface area contributed by atoms with E-state index in [4.69, 9.17) is 5.11 Å². The third kappa shape index (κ3) is 2.58. The average Bonchev–Trinajstić information content (AvgIpc) is 1.67. The number of aliphatic hydroxyl groups excluding tert-OH is 1. The normalized spacial score (nSPS) is 13.5. The molecule has 0 aliphatic carbocycles. The molecule has 0 aromatic rings. The van der Waals surface area contributed by atoms with Crippen LogP contribution in [0.5, 0.6) is 0 Å². The molecule has 2 N–H and O–H groups in total. The Balaban J connectivity index is 3.30. The molecule has 1 amide bonds. The van der Waals surface area contributed by atoms with E-state index in [-0.39, 0.29) is 5.92 Å². The third-order valence-electron chi connectivity index (χ3n) is 0.870. The van der Waals surface area contributed by atoms with E-state index in [1.807, 2.05) is 13.8 Å². The molecule has 0 heterocycles. The van der Waals surface area contributed by atoms with Crippen molar-refractivity contribution in [3.8, 4) is 0 Å². The highest BCUT2D eigenvalue weighted by Gasteiger charge is 2.04. The zero-order valence-corrected chi connectivity index (χ0v) is 5.09. The number of hydrogen-bond donors (Lipinski definition) is 2. The van der Waals surface area contributed by atoms with E-state index in [0.717, 1.165) is 0 Å². The highest BCUT2D eigenvalue weighted by molar-refractivity contribution is 5.46. The Labute approximate surface area is 48.7 Å². The molecule has 0 radical (unpaired) electrons. The van der Waals surface area contributed by atoms with Gasteiger partial charge in [-0.15, -0.1) is 0 Å². The van der Waals surface area contributed by atoms with E-state index in [9.17, 15) is 4.79 Å². The fourth-order valence-corrected chi connectivity index (χ4v) is 0.262. The van der Waals surface area contributed by atoms with Crippen LogP contribution >= 0.6 is 0 Å². The van der Waals surface area contributed by atoms with Crippen LogP contribution in [0.25, 0.3) is 0 Å². The van der Waals surface area contributed by atoms with E-state index in [0.29, 0.717) is 6.41 Å². The van der Waals surface area contributed by atoms with Crippen molar-refractivity contribution in [1.29, 1.82) is 0 Å². The lowest BCUT2D eigenvalue weighted by Crippen LogP contribution is -2.31. The van der Waals surface area contributed by atoms with Crippen LogP contribution in [0.3, 0.4) is 0 Å². The molecule has 0 fully saturated rings. The number of hydrogen-bond acceptors (Lipinski definition) is 2. The summed E-state index contributed by atoms with van der Waals surface area (Å²) in [6.45, 7) is 3.64. The van der Waals surface area contributed by atoms with E-state index >= 15 is 0 Å². The molecule has 0 saturated heterocycles. The Morgan fingerprint density at radius 1 is 1.62 bits per heavy atom. The van der Waals surface area contributed by atoms with Crippen molar-refractivity contribution in [2.24, 2.45) is 5.92 Å². The Bertz CT molecular complexity index is 72.8. The predicted molar refractivity (Wildman–Crippen MR) is 30.0 cm³/mol. The molecule has 0 saturated carbocycles. The number of amides is 1. The Morgan fingerprint density at radius 2 is 2.12 bits per heavy atom. The zero-order chi connectivity index (χ0) is 6.57. The minimum atomic E-state index is -0.701. The minimum absolute atomic E-state index is 0.0835. The second-order valence-electron chi connectivity index (χ2n) is 1.97. The van der Waals surface area contributed by atoms with Gasteiger partial charge in [-0.05, 0) is 5.92 Å². The number of carbonyl (C=O) groups excluding carboxylic acids is 1. The first kappa shape index (κ1) is 7.43. The summed E-state index contributed by atoms with van der Waals surface area (Å²) in [5.41, 5.74) is 0. The van der Waals surface area contributed by atoms with Gasteiger partial charge in [-0.2, -0.15) is 0 Å². The standard InChI is InChI=1S/C5H11NO2/c1-4(2)5(8)6-3-7/h3-5,8H,1-2H3,(H,6,7)/t5-/m0/s1. The summed E-state index contributed by atoms with van der Waals surface area (Å²) in [7, 11) is 0. The summed E-state index contributed by atoms with van der Waals surface area (Å²) in [6, 6.07) is 0. The van der Waals surface area contributed by atoms with Crippen LogP contribution in [-0.2, 0) is 4.79 Å². The lowest BCUT2D eigenvalue weighted by atomic mass is 10.2. The van der Waals surface area contributed by atoms with Crippen LogP contribution in [-0.4, -0.2) is 17.7 Å². The Morgan fingerprint density at radius 3 is 2.25 bits per heavy atom. The second kappa shape index (κ2) is 3.43. The van der Waals surface area contributed by atoms with Crippen molar-refractivity contribution in [3.05, 3.63) is 0 Å². The average molecular weight is 117 g/mol. The summed E-state index contributed by atoms with van der Waals surface area (Å²) in [4.78, 5) is 9.65. The van der Waals surface area contributed by atoms with Gasteiger partial charge in [-0.1, -0.05) is 13.8 Å². The van der Waals surface area contributed by atoms with Gasteiger partial charge in [-0.3, -0.25) is 4.79 Å². The summed E-state index contributed by atoms with van der Waals surface area (Å²) >= 11 is 0. The highest BCUT2D eigenvalue weighted by atomic mass is 16.3. The monoisotopic (exact) mass is 117 g/mol. The highest BCUT2D eigenvalue weighted by Crippen LogP contribution is 1.94. The molecule has 0 aromatic heterocycles. The molecule has 0 aromatic carbocycles. The maximum absolute atomic E-state index is 9.65. The van der Waals surface area contributed by atoms with Gasteiger partial charge >= 0.3 is 0 Å². The van der Waals surface area contributed by atoms with Gasteiger partial charge in [0.25, 0.3) is 0 Å². The molecule has 0 aliphatic heterocycles. The molecule has 8 heavy (non-hydrogen) atoms. The Hall–Kier alpha value is -0.570. The third-order valence-corrected chi connectivity index (χ3v) is 0.870. The molecule has 0 rings (SSSR count). The van der Waals surface area contributed by atoms with E-state index in [1.54, 1.807) is 0 Å². The van der Waals surface area contributed by atoms with Crippen LogP contribution in [0.15, 0.2) is 0 Å². The Kier molecular flexibility index (Phi) is 3.19. The summed E-state index contributed by atoms with van der Waals surface area (Å²) in [5.74, 6) is 0.0835. The van der Waals surface area contributed by atoms with Crippen molar-refractivity contribution >= 4 is 6.41 Å². The van der Waals surface area contributed by atoms with Gasteiger partial charge in [0.05, 0.1) is 0 Å². The lowest BCUT2D eigenvalue weighted by Gasteiger charge is -2.11. The zero-order valence-electron chi connectivity index (χ0n) is 5.09. The summed E-state index contributed by atoms with van der Waals surface area (Å²) in [5, 5.41) is 11.0. The number of carbonyl (C=O) groups is 1. The van der Waals surface area contributed by atoms with Crippen LogP contribution < -0.4 is 5.32 Å². The molecule has 0 aliphatic rings. The SMILES string of the molecule is CC(C)[C@H](O)NC=O. The van der Waals surface area contributed by atoms with Crippen molar-refractivity contribution in [3.63, 3.8) is 0 Å². The van der Waals surface area contributed by atoms with Crippen molar-refractivity contribution < 1.29 is 9.90 Å². The van der Waals surface area contributed by atoms with Crippen molar-refractivity contribution in [2.45, 2.75) is 20.1 Å². The molecule has 48 valence electrons. The van der Waals surface area contributed by atoms with Gasteiger partial charge in [0.1, 0.15) is 6.23 Å². The number of nitrogens with one attached hydrogen (secondary N) is 1. The van der Waals surface area contributed by atoms with Gasteiger partial charge < -0.3 is 10.4 Å². The van der Waals surface area contributed by atoms with Gasteiger partial charge in [0.15, 0.2) is 0 Å². The predicted octanol–water partition coefficient (Wildman–Crippen LogP) is -0.293. The van der Waals surface area contributed by atoms with Crippen molar-refractivity contribution in [2.75, 3.05) is 0 Å². The first-order valence-corrected chi connectivity index (χ1v) is 2.56. The molecular formula is C5H11NO2. The van der Waals surface area contributed by atoms with Gasteiger partial charge in [0, 0.05) is 0 Å².